The fraction of sp³-hybridized carbons (Fsp3) is 0.375. The Hall–Kier alpha value is -2.06. The van der Waals surface area contributed by atoms with E-state index in [2.05, 4.69) is 21.2 Å². The summed E-state index contributed by atoms with van der Waals surface area (Å²) in [4.78, 5) is 25.9. The van der Waals surface area contributed by atoms with Crippen LogP contribution in [0, 0.1) is 6.92 Å². The number of esters is 1. The van der Waals surface area contributed by atoms with Crippen LogP contribution in [-0.4, -0.2) is 55.8 Å². The van der Waals surface area contributed by atoms with E-state index in [1.807, 2.05) is 13.0 Å². The highest BCUT2D eigenvalue weighted by Crippen LogP contribution is 2.32. The Labute approximate surface area is 148 Å². The van der Waals surface area contributed by atoms with E-state index in [1.165, 1.54) is 12.0 Å². The maximum absolute atomic E-state index is 12.5. The second-order valence-corrected chi connectivity index (χ2v) is 6.12. The van der Waals surface area contributed by atoms with Gasteiger partial charge in [0.15, 0.2) is 0 Å². The standard InChI is InChI=1S/C16H19BrN2O5/c1-9-12(6-10(17)7-13(9)23-2)18-14-11(16(22)24-3)8-19(4-5-20)15(14)21/h6-7,18,20H,4-5,8H2,1-3H3. The number of amides is 1. The average molecular weight is 399 g/mol. The number of aliphatic hydroxyl groups excluding tert-OH is 1. The fourth-order valence-electron chi connectivity index (χ4n) is 2.48. The molecule has 0 unspecified atom stereocenters. The van der Waals surface area contributed by atoms with Gasteiger partial charge in [-0.15, -0.1) is 0 Å². The van der Waals surface area contributed by atoms with Gasteiger partial charge in [-0.2, -0.15) is 0 Å². The molecule has 0 radical (unpaired) electrons. The summed E-state index contributed by atoms with van der Waals surface area (Å²) in [6, 6.07) is 3.60. The van der Waals surface area contributed by atoms with Gasteiger partial charge >= 0.3 is 5.97 Å². The van der Waals surface area contributed by atoms with Crippen molar-refractivity contribution in [1.29, 1.82) is 0 Å². The number of ether oxygens (including phenoxy) is 2. The molecule has 0 atom stereocenters. The van der Waals surface area contributed by atoms with Gasteiger partial charge in [0, 0.05) is 22.3 Å². The average Bonchev–Trinajstić information content (AvgIpc) is 2.87. The van der Waals surface area contributed by atoms with Crippen molar-refractivity contribution in [2.75, 3.05) is 39.2 Å². The van der Waals surface area contributed by atoms with Crippen LogP contribution in [-0.2, 0) is 14.3 Å². The molecule has 2 N–H and O–H groups in total. The van der Waals surface area contributed by atoms with Gasteiger partial charge in [0.1, 0.15) is 11.4 Å². The minimum Gasteiger partial charge on any atom is -0.496 e. The molecular weight excluding hydrogens is 380 g/mol. The van der Waals surface area contributed by atoms with Crippen LogP contribution in [0.3, 0.4) is 0 Å². The maximum Gasteiger partial charge on any atom is 0.337 e. The summed E-state index contributed by atoms with van der Waals surface area (Å²) in [6.07, 6.45) is 0. The molecule has 2 rings (SSSR count). The molecule has 1 aromatic rings. The number of rotatable bonds is 6. The minimum absolute atomic E-state index is 0.0958. The number of hydrogen-bond acceptors (Lipinski definition) is 6. The summed E-state index contributed by atoms with van der Waals surface area (Å²) in [5.74, 6) is -0.293. The fourth-order valence-corrected chi connectivity index (χ4v) is 2.92. The topological polar surface area (TPSA) is 88.1 Å². The van der Waals surface area contributed by atoms with E-state index in [0.717, 1.165) is 10.0 Å². The number of methoxy groups -OCH3 is 2. The van der Waals surface area contributed by atoms with Crippen molar-refractivity contribution in [2.45, 2.75) is 6.92 Å². The van der Waals surface area contributed by atoms with Gasteiger partial charge in [-0.25, -0.2) is 4.79 Å². The molecule has 0 fully saturated rings. The number of anilines is 1. The minimum atomic E-state index is -0.578. The molecule has 1 amide bonds. The number of carbonyl (C=O) groups is 2. The molecule has 1 aliphatic heterocycles. The molecule has 24 heavy (non-hydrogen) atoms. The van der Waals surface area contributed by atoms with Gasteiger partial charge in [-0.05, 0) is 19.1 Å². The molecule has 0 saturated carbocycles. The van der Waals surface area contributed by atoms with Crippen LogP contribution in [0.1, 0.15) is 5.56 Å². The predicted molar refractivity (Wildman–Crippen MR) is 91.8 cm³/mol. The summed E-state index contributed by atoms with van der Waals surface area (Å²) in [7, 11) is 2.82. The highest BCUT2D eigenvalue weighted by Gasteiger charge is 2.34. The third kappa shape index (κ3) is 3.54. The molecule has 1 aromatic carbocycles. The molecule has 130 valence electrons. The van der Waals surface area contributed by atoms with Crippen LogP contribution >= 0.6 is 15.9 Å². The molecule has 1 heterocycles. The van der Waals surface area contributed by atoms with Crippen molar-refractivity contribution in [3.63, 3.8) is 0 Å². The van der Waals surface area contributed by atoms with Crippen molar-refractivity contribution >= 4 is 33.5 Å². The Morgan fingerprint density at radius 1 is 1.42 bits per heavy atom. The quantitative estimate of drug-likeness (QED) is 0.704. The van der Waals surface area contributed by atoms with E-state index in [-0.39, 0.29) is 36.9 Å². The lowest BCUT2D eigenvalue weighted by Gasteiger charge is -2.16. The lowest BCUT2D eigenvalue weighted by atomic mass is 10.1. The largest absolute Gasteiger partial charge is 0.496 e. The van der Waals surface area contributed by atoms with Crippen LogP contribution in [0.4, 0.5) is 5.69 Å². The number of aliphatic hydroxyl groups is 1. The van der Waals surface area contributed by atoms with Gasteiger partial charge in [-0.1, -0.05) is 15.9 Å². The third-order valence-corrected chi connectivity index (χ3v) is 4.22. The van der Waals surface area contributed by atoms with E-state index in [1.54, 1.807) is 13.2 Å². The normalized spacial score (nSPS) is 14.2. The van der Waals surface area contributed by atoms with Crippen molar-refractivity contribution in [3.05, 3.63) is 33.4 Å². The predicted octanol–water partition coefficient (Wildman–Crippen LogP) is 1.44. The third-order valence-electron chi connectivity index (χ3n) is 3.76. The Kier molecular flexibility index (Phi) is 5.84. The molecule has 0 saturated heterocycles. The maximum atomic E-state index is 12.5. The second-order valence-electron chi connectivity index (χ2n) is 5.20. The second kappa shape index (κ2) is 7.67. The molecule has 0 aromatic heterocycles. The number of nitrogens with one attached hydrogen (secondary N) is 1. The lowest BCUT2D eigenvalue weighted by Crippen LogP contribution is -2.31. The van der Waals surface area contributed by atoms with Gasteiger partial charge < -0.3 is 24.8 Å². The Morgan fingerprint density at radius 2 is 2.12 bits per heavy atom. The van der Waals surface area contributed by atoms with Crippen LogP contribution in [0.25, 0.3) is 0 Å². The van der Waals surface area contributed by atoms with Crippen molar-refractivity contribution in [2.24, 2.45) is 0 Å². The van der Waals surface area contributed by atoms with Crippen LogP contribution in [0.2, 0.25) is 0 Å². The number of hydrogen-bond donors (Lipinski definition) is 2. The van der Waals surface area contributed by atoms with Gasteiger partial charge in [0.05, 0.1) is 32.9 Å². The molecule has 0 aliphatic carbocycles. The van der Waals surface area contributed by atoms with Crippen molar-refractivity contribution < 1.29 is 24.2 Å². The zero-order valence-corrected chi connectivity index (χ0v) is 15.3. The smallest absolute Gasteiger partial charge is 0.337 e. The first-order chi connectivity index (χ1) is 11.4. The Bertz CT molecular complexity index is 702. The molecule has 8 heteroatoms. The molecule has 0 bridgehead atoms. The highest BCUT2D eigenvalue weighted by atomic mass is 79.9. The van der Waals surface area contributed by atoms with Crippen molar-refractivity contribution in [3.8, 4) is 5.75 Å². The summed E-state index contributed by atoms with van der Waals surface area (Å²) in [6.45, 7) is 1.90. The monoisotopic (exact) mass is 398 g/mol. The van der Waals surface area contributed by atoms with Crippen LogP contribution < -0.4 is 10.1 Å². The van der Waals surface area contributed by atoms with Crippen molar-refractivity contribution in [1.82, 2.24) is 4.90 Å². The zero-order chi connectivity index (χ0) is 17.9. The number of β-amino-alcohol motifs (C(OH)–C–C–N with tert-alkyl or cyclic N) is 1. The number of benzene rings is 1. The van der Waals surface area contributed by atoms with Gasteiger partial charge in [0.2, 0.25) is 0 Å². The molecular formula is C16H19BrN2O5. The first-order valence-corrected chi connectivity index (χ1v) is 8.05. The molecule has 0 spiro atoms. The van der Waals surface area contributed by atoms with Gasteiger partial charge in [-0.3, -0.25) is 4.79 Å². The zero-order valence-electron chi connectivity index (χ0n) is 13.7. The number of carbonyl (C=O) groups excluding carboxylic acids is 2. The molecule has 1 aliphatic rings. The van der Waals surface area contributed by atoms with E-state index in [9.17, 15) is 9.59 Å². The number of nitrogens with zero attached hydrogens (tertiary/aromatic N) is 1. The summed E-state index contributed by atoms with van der Waals surface area (Å²) in [5.41, 5.74) is 1.82. The Morgan fingerprint density at radius 3 is 2.71 bits per heavy atom. The molecule has 7 nitrogen and oxygen atoms in total. The number of halogens is 1. The van der Waals surface area contributed by atoms with Gasteiger partial charge in [0.25, 0.3) is 5.91 Å². The summed E-state index contributed by atoms with van der Waals surface area (Å²) in [5, 5.41) is 12.1. The lowest BCUT2D eigenvalue weighted by molar-refractivity contribution is -0.136. The highest BCUT2D eigenvalue weighted by molar-refractivity contribution is 9.10. The first-order valence-electron chi connectivity index (χ1n) is 7.25. The first kappa shape index (κ1) is 18.3. The summed E-state index contributed by atoms with van der Waals surface area (Å²) < 4.78 is 10.8. The Balaban J connectivity index is 2.42. The van der Waals surface area contributed by atoms with Crippen LogP contribution in [0.15, 0.2) is 27.9 Å². The van der Waals surface area contributed by atoms with E-state index < -0.39 is 5.97 Å². The van der Waals surface area contributed by atoms with E-state index >= 15 is 0 Å². The van der Waals surface area contributed by atoms with Crippen LogP contribution in [0.5, 0.6) is 5.75 Å². The summed E-state index contributed by atoms with van der Waals surface area (Å²) >= 11 is 3.39. The van der Waals surface area contributed by atoms with E-state index in [4.69, 9.17) is 14.6 Å². The van der Waals surface area contributed by atoms with E-state index in [0.29, 0.717) is 11.4 Å². The SMILES string of the molecule is COC(=O)C1=C(Nc2cc(Br)cc(OC)c2C)C(=O)N(CCO)C1.